The summed E-state index contributed by atoms with van der Waals surface area (Å²) in [5.74, 6) is 1.72. The Labute approximate surface area is 191 Å². The Morgan fingerprint density at radius 1 is 0.938 bits per heavy atom. The van der Waals surface area contributed by atoms with Gasteiger partial charge in [-0.1, -0.05) is 11.6 Å². The van der Waals surface area contributed by atoms with Crippen molar-refractivity contribution < 1.29 is 9.53 Å². The Morgan fingerprint density at radius 3 is 2.22 bits per heavy atom. The van der Waals surface area contributed by atoms with Crippen LogP contribution in [0.5, 0.6) is 11.5 Å². The van der Waals surface area contributed by atoms with Crippen LogP contribution in [0.15, 0.2) is 71.7 Å². The second kappa shape index (κ2) is 8.81. The molecule has 3 aliphatic rings. The quantitative estimate of drug-likeness (QED) is 0.636. The third kappa shape index (κ3) is 4.42. The highest BCUT2D eigenvalue weighted by molar-refractivity contribution is 6.30. The molecule has 164 valence electrons. The predicted octanol–water partition coefficient (Wildman–Crippen LogP) is 4.11. The minimum absolute atomic E-state index is 0.139. The number of fused-ring (bicyclic) bond motifs is 3. The van der Waals surface area contributed by atoms with Crippen LogP contribution >= 0.6 is 11.6 Å². The second-order valence-corrected chi connectivity index (χ2v) is 8.83. The standard InChI is InChI=1S/C25H24ClN3O3/c26-19-2-6-21(7-3-19)32-22-8-4-20(5-9-22)29-15-18(1-10-24(29)30)25(31)27-23-16-28-13-11-17(23)12-14-28/h1-10,15,17,23H,11-14,16H2,(H,27,31). The lowest BCUT2D eigenvalue weighted by Gasteiger charge is -2.44. The molecule has 0 spiro atoms. The maximum absolute atomic E-state index is 12.9. The molecule has 6 rings (SSSR count). The third-order valence-electron chi connectivity index (χ3n) is 6.31. The van der Waals surface area contributed by atoms with Gasteiger partial charge in [-0.3, -0.25) is 14.2 Å². The van der Waals surface area contributed by atoms with E-state index in [1.54, 1.807) is 60.8 Å². The van der Waals surface area contributed by atoms with Crippen molar-refractivity contribution >= 4 is 17.5 Å². The molecule has 32 heavy (non-hydrogen) atoms. The minimum atomic E-state index is -0.198. The number of aromatic nitrogens is 1. The maximum atomic E-state index is 12.9. The third-order valence-corrected chi connectivity index (χ3v) is 6.56. The summed E-state index contributed by atoms with van der Waals surface area (Å²) in [6, 6.07) is 17.5. The minimum Gasteiger partial charge on any atom is -0.457 e. The van der Waals surface area contributed by atoms with Crippen molar-refractivity contribution in [3.63, 3.8) is 0 Å². The van der Waals surface area contributed by atoms with Gasteiger partial charge in [-0.25, -0.2) is 0 Å². The number of benzene rings is 2. The molecule has 2 bridgehead atoms. The normalized spacial score (nSPS) is 21.8. The molecule has 4 heterocycles. The molecule has 6 nitrogen and oxygen atoms in total. The van der Waals surface area contributed by atoms with E-state index in [-0.39, 0.29) is 17.5 Å². The fraction of sp³-hybridized carbons (Fsp3) is 0.280. The molecular weight excluding hydrogens is 426 g/mol. The molecule has 0 saturated carbocycles. The number of amides is 1. The van der Waals surface area contributed by atoms with Gasteiger partial charge in [0.05, 0.1) is 5.56 Å². The number of halogens is 1. The lowest BCUT2D eigenvalue weighted by molar-refractivity contribution is 0.0620. The number of carbonyl (C=O) groups excluding carboxylic acids is 1. The predicted molar refractivity (Wildman–Crippen MR) is 124 cm³/mol. The van der Waals surface area contributed by atoms with Gasteiger partial charge in [0.25, 0.3) is 11.5 Å². The number of rotatable bonds is 5. The van der Waals surface area contributed by atoms with Crippen molar-refractivity contribution in [2.24, 2.45) is 5.92 Å². The number of nitrogens with one attached hydrogen (secondary N) is 1. The van der Waals surface area contributed by atoms with Gasteiger partial charge in [0, 0.05) is 35.6 Å². The molecule has 7 heteroatoms. The van der Waals surface area contributed by atoms with E-state index in [1.165, 1.54) is 10.6 Å². The molecular formula is C25H24ClN3O3. The maximum Gasteiger partial charge on any atom is 0.255 e. The first kappa shape index (κ1) is 20.8. The van der Waals surface area contributed by atoms with Crippen LogP contribution in [0.4, 0.5) is 0 Å². The van der Waals surface area contributed by atoms with Crippen LogP contribution in [0, 0.1) is 5.92 Å². The lowest BCUT2D eigenvalue weighted by Crippen LogP contribution is -2.57. The Balaban J connectivity index is 1.31. The molecule has 3 saturated heterocycles. The average Bonchev–Trinajstić information content (AvgIpc) is 2.82. The van der Waals surface area contributed by atoms with Gasteiger partial charge in [0.1, 0.15) is 11.5 Å². The highest BCUT2D eigenvalue weighted by Gasteiger charge is 2.35. The van der Waals surface area contributed by atoms with E-state index >= 15 is 0 Å². The zero-order chi connectivity index (χ0) is 22.1. The van der Waals surface area contributed by atoms with Gasteiger partial charge < -0.3 is 15.0 Å². The fourth-order valence-electron chi connectivity index (χ4n) is 4.52. The number of hydrogen-bond acceptors (Lipinski definition) is 4. The molecule has 1 unspecified atom stereocenters. The fourth-order valence-corrected chi connectivity index (χ4v) is 4.64. The van der Waals surface area contributed by atoms with Gasteiger partial charge in [-0.15, -0.1) is 0 Å². The Kier molecular flexibility index (Phi) is 5.72. The Bertz CT molecular complexity index is 1170. The van der Waals surface area contributed by atoms with Crippen LogP contribution < -0.4 is 15.6 Å². The van der Waals surface area contributed by atoms with Crippen molar-refractivity contribution in [2.45, 2.75) is 18.9 Å². The van der Waals surface area contributed by atoms with Crippen LogP contribution in [0.3, 0.4) is 0 Å². The summed E-state index contributed by atoms with van der Waals surface area (Å²) in [7, 11) is 0. The topological polar surface area (TPSA) is 63.6 Å². The van der Waals surface area contributed by atoms with Gasteiger partial charge >= 0.3 is 0 Å². The first-order chi connectivity index (χ1) is 15.5. The average molecular weight is 450 g/mol. The van der Waals surface area contributed by atoms with Crippen molar-refractivity contribution in [1.29, 1.82) is 0 Å². The number of nitrogens with zero attached hydrogens (tertiary/aromatic N) is 2. The molecule has 1 aromatic heterocycles. The Hall–Kier alpha value is -3.09. The molecule has 3 aliphatic heterocycles. The zero-order valence-corrected chi connectivity index (χ0v) is 18.3. The number of pyridine rings is 1. The van der Waals surface area contributed by atoms with Gasteiger partial charge in [-0.05, 0) is 86.4 Å². The van der Waals surface area contributed by atoms with E-state index in [4.69, 9.17) is 16.3 Å². The summed E-state index contributed by atoms with van der Waals surface area (Å²) in [6.45, 7) is 3.16. The SMILES string of the molecule is O=C(NC1CN2CCC1CC2)c1ccc(=O)n(-c2ccc(Oc3ccc(Cl)cc3)cc2)c1. The number of ether oxygens (including phenoxy) is 1. The van der Waals surface area contributed by atoms with E-state index in [9.17, 15) is 9.59 Å². The van der Waals surface area contributed by atoms with Crippen LogP contribution in [0.1, 0.15) is 23.2 Å². The first-order valence-electron chi connectivity index (χ1n) is 10.8. The van der Waals surface area contributed by atoms with Crippen LogP contribution in [0.2, 0.25) is 5.02 Å². The van der Waals surface area contributed by atoms with Crippen molar-refractivity contribution in [3.05, 3.63) is 87.8 Å². The van der Waals surface area contributed by atoms with E-state index in [0.717, 1.165) is 32.5 Å². The first-order valence-corrected chi connectivity index (χ1v) is 11.2. The van der Waals surface area contributed by atoms with E-state index in [1.807, 2.05) is 0 Å². The van der Waals surface area contributed by atoms with Gasteiger partial charge in [0.2, 0.25) is 0 Å². The number of carbonyl (C=O) groups is 1. The summed E-state index contributed by atoms with van der Waals surface area (Å²) in [4.78, 5) is 27.8. The molecule has 0 aliphatic carbocycles. The van der Waals surface area contributed by atoms with Crippen molar-refractivity contribution in [2.75, 3.05) is 19.6 Å². The number of hydrogen-bond donors (Lipinski definition) is 1. The van der Waals surface area contributed by atoms with Gasteiger partial charge in [0.15, 0.2) is 0 Å². The largest absolute Gasteiger partial charge is 0.457 e. The molecule has 0 radical (unpaired) electrons. The van der Waals surface area contributed by atoms with Gasteiger partial charge in [-0.2, -0.15) is 0 Å². The molecule has 2 aromatic carbocycles. The van der Waals surface area contributed by atoms with Crippen LogP contribution in [-0.2, 0) is 0 Å². The van der Waals surface area contributed by atoms with E-state index < -0.39 is 0 Å². The van der Waals surface area contributed by atoms with Crippen molar-refractivity contribution in [3.8, 4) is 17.2 Å². The highest BCUT2D eigenvalue weighted by Crippen LogP contribution is 2.28. The second-order valence-electron chi connectivity index (χ2n) is 8.39. The number of piperidine rings is 3. The summed E-state index contributed by atoms with van der Waals surface area (Å²) < 4.78 is 7.29. The zero-order valence-electron chi connectivity index (χ0n) is 17.5. The van der Waals surface area contributed by atoms with Crippen LogP contribution in [-0.4, -0.2) is 41.1 Å². The molecule has 1 amide bonds. The lowest BCUT2D eigenvalue weighted by atomic mass is 9.84. The Morgan fingerprint density at radius 2 is 1.59 bits per heavy atom. The molecule has 3 aromatic rings. The molecule has 1 atom stereocenters. The summed E-state index contributed by atoms with van der Waals surface area (Å²) >= 11 is 5.91. The monoisotopic (exact) mass is 449 g/mol. The summed E-state index contributed by atoms with van der Waals surface area (Å²) in [5.41, 5.74) is 0.939. The van der Waals surface area contributed by atoms with Crippen molar-refractivity contribution in [1.82, 2.24) is 14.8 Å². The highest BCUT2D eigenvalue weighted by atomic mass is 35.5. The molecule has 3 fully saturated rings. The smallest absolute Gasteiger partial charge is 0.255 e. The van der Waals surface area contributed by atoms with E-state index in [2.05, 4.69) is 10.2 Å². The van der Waals surface area contributed by atoms with Crippen LogP contribution in [0.25, 0.3) is 5.69 Å². The van der Waals surface area contributed by atoms with E-state index in [0.29, 0.717) is 33.7 Å². The molecule has 1 N–H and O–H groups in total. The summed E-state index contributed by atoms with van der Waals surface area (Å²) in [6.07, 6.45) is 3.87. The summed E-state index contributed by atoms with van der Waals surface area (Å²) in [5, 5.41) is 3.82.